The van der Waals surface area contributed by atoms with Crippen LogP contribution in [0.4, 0.5) is 0 Å². The summed E-state index contributed by atoms with van der Waals surface area (Å²) < 4.78 is 0. The first-order valence-corrected chi connectivity index (χ1v) is 5.08. The van der Waals surface area contributed by atoms with Gasteiger partial charge in [-0.3, -0.25) is 4.84 Å². The van der Waals surface area contributed by atoms with Crippen LogP contribution in [0.25, 0.3) is 0 Å². The Labute approximate surface area is 78.5 Å². The minimum absolute atomic E-state index is 0.659. The molecule has 4 heteroatoms. The third kappa shape index (κ3) is 4.41. The molecule has 0 aromatic carbocycles. The SMILES string of the molecule is C/C=C\N=C(\SC)N(C)OCC. The highest BCUT2D eigenvalue weighted by molar-refractivity contribution is 8.13. The lowest BCUT2D eigenvalue weighted by Crippen LogP contribution is -2.23. The van der Waals surface area contributed by atoms with Crippen molar-refractivity contribution in [3.63, 3.8) is 0 Å². The van der Waals surface area contributed by atoms with Gasteiger partial charge in [0.2, 0.25) is 0 Å². The van der Waals surface area contributed by atoms with Crippen molar-refractivity contribution >= 4 is 16.9 Å². The van der Waals surface area contributed by atoms with E-state index in [1.165, 1.54) is 0 Å². The molecule has 0 saturated heterocycles. The molecular weight excluding hydrogens is 172 g/mol. The van der Waals surface area contributed by atoms with Gasteiger partial charge in [0.05, 0.1) is 6.61 Å². The lowest BCUT2D eigenvalue weighted by Gasteiger charge is -2.17. The molecule has 0 heterocycles. The highest BCUT2D eigenvalue weighted by Crippen LogP contribution is 2.03. The largest absolute Gasteiger partial charge is 0.272 e. The summed E-state index contributed by atoms with van der Waals surface area (Å²) in [5.41, 5.74) is 0. The Morgan fingerprint density at radius 1 is 1.67 bits per heavy atom. The Bertz CT molecular complexity index is 168. The van der Waals surface area contributed by atoms with Crippen LogP contribution in [0.5, 0.6) is 0 Å². The fourth-order valence-electron chi connectivity index (χ4n) is 0.650. The molecule has 0 spiro atoms. The quantitative estimate of drug-likeness (QED) is 0.385. The summed E-state index contributed by atoms with van der Waals surface area (Å²) in [7, 11) is 1.85. The van der Waals surface area contributed by atoms with Gasteiger partial charge in [-0.15, -0.1) is 0 Å². The molecule has 0 unspecified atom stereocenters. The lowest BCUT2D eigenvalue weighted by molar-refractivity contribution is -0.0696. The highest BCUT2D eigenvalue weighted by atomic mass is 32.2. The summed E-state index contributed by atoms with van der Waals surface area (Å²) >= 11 is 1.56. The molecular formula is C8H16N2OS. The second-order valence-electron chi connectivity index (χ2n) is 2.01. The van der Waals surface area contributed by atoms with Crippen molar-refractivity contribution in [2.75, 3.05) is 19.9 Å². The van der Waals surface area contributed by atoms with Gasteiger partial charge in [-0.05, 0) is 20.1 Å². The third-order valence-corrected chi connectivity index (χ3v) is 1.84. The van der Waals surface area contributed by atoms with Gasteiger partial charge < -0.3 is 0 Å². The van der Waals surface area contributed by atoms with Crippen LogP contribution in [0.1, 0.15) is 13.8 Å². The third-order valence-electron chi connectivity index (χ3n) is 1.11. The van der Waals surface area contributed by atoms with Crippen LogP contribution >= 0.6 is 11.8 Å². The number of amidine groups is 1. The van der Waals surface area contributed by atoms with E-state index in [9.17, 15) is 0 Å². The summed E-state index contributed by atoms with van der Waals surface area (Å²) in [6.07, 6.45) is 5.61. The van der Waals surface area contributed by atoms with E-state index in [0.29, 0.717) is 6.61 Å². The van der Waals surface area contributed by atoms with E-state index in [-0.39, 0.29) is 0 Å². The maximum atomic E-state index is 5.24. The lowest BCUT2D eigenvalue weighted by atomic mass is 10.7. The molecule has 0 aromatic heterocycles. The highest BCUT2D eigenvalue weighted by Gasteiger charge is 2.02. The molecule has 0 radical (unpaired) electrons. The molecule has 0 bridgehead atoms. The molecule has 0 aromatic rings. The van der Waals surface area contributed by atoms with E-state index in [1.54, 1.807) is 23.0 Å². The van der Waals surface area contributed by atoms with Crippen LogP contribution in [0.15, 0.2) is 17.3 Å². The summed E-state index contributed by atoms with van der Waals surface area (Å²) in [5, 5.41) is 2.53. The molecule has 0 N–H and O–H groups in total. The zero-order valence-electron chi connectivity index (χ0n) is 8.07. The fourth-order valence-corrected chi connectivity index (χ4v) is 1.13. The van der Waals surface area contributed by atoms with Gasteiger partial charge >= 0.3 is 0 Å². The first-order valence-electron chi connectivity index (χ1n) is 3.85. The van der Waals surface area contributed by atoms with Crippen LogP contribution in [-0.2, 0) is 4.84 Å². The number of rotatable bonds is 3. The predicted molar refractivity (Wildman–Crippen MR) is 55.2 cm³/mol. The normalized spacial score (nSPS) is 12.5. The zero-order valence-corrected chi connectivity index (χ0v) is 8.89. The second-order valence-corrected chi connectivity index (χ2v) is 2.79. The molecule has 0 aliphatic heterocycles. The Morgan fingerprint density at radius 2 is 2.33 bits per heavy atom. The second kappa shape index (κ2) is 7.18. The van der Waals surface area contributed by atoms with Crippen molar-refractivity contribution in [3.05, 3.63) is 12.3 Å². The fraction of sp³-hybridized carbons (Fsp3) is 0.625. The van der Waals surface area contributed by atoms with Gasteiger partial charge in [-0.1, -0.05) is 17.8 Å². The molecule has 0 amide bonds. The van der Waals surface area contributed by atoms with Crippen LogP contribution in [0.2, 0.25) is 0 Å². The molecule has 12 heavy (non-hydrogen) atoms. The van der Waals surface area contributed by atoms with Crippen LogP contribution in [-0.4, -0.2) is 30.1 Å². The molecule has 0 rings (SSSR count). The van der Waals surface area contributed by atoms with Crippen molar-refractivity contribution in [1.82, 2.24) is 5.06 Å². The van der Waals surface area contributed by atoms with E-state index in [0.717, 1.165) is 5.17 Å². The Kier molecular flexibility index (Phi) is 6.90. The number of allylic oxidation sites excluding steroid dienone is 1. The van der Waals surface area contributed by atoms with Crippen molar-refractivity contribution in [2.24, 2.45) is 4.99 Å². The number of hydrogen-bond donors (Lipinski definition) is 0. The van der Waals surface area contributed by atoms with Crippen molar-refractivity contribution in [1.29, 1.82) is 0 Å². The number of nitrogens with zero attached hydrogens (tertiary/aromatic N) is 2. The molecule has 70 valence electrons. The van der Waals surface area contributed by atoms with Gasteiger partial charge in [0.15, 0.2) is 5.17 Å². The van der Waals surface area contributed by atoms with Gasteiger partial charge in [0, 0.05) is 13.2 Å². The summed E-state index contributed by atoms with van der Waals surface area (Å²) in [6.45, 7) is 4.54. The molecule has 0 aliphatic rings. The number of hydrogen-bond acceptors (Lipinski definition) is 3. The van der Waals surface area contributed by atoms with Gasteiger partial charge in [-0.2, -0.15) is 0 Å². The summed E-state index contributed by atoms with van der Waals surface area (Å²) in [4.78, 5) is 9.42. The van der Waals surface area contributed by atoms with E-state index >= 15 is 0 Å². The summed E-state index contributed by atoms with van der Waals surface area (Å²) in [6, 6.07) is 0. The molecule has 0 fully saturated rings. The van der Waals surface area contributed by atoms with Gasteiger partial charge in [0.1, 0.15) is 0 Å². The topological polar surface area (TPSA) is 24.8 Å². The zero-order chi connectivity index (χ0) is 9.40. The number of aliphatic imine (C=N–C) groups is 1. The van der Waals surface area contributed by atoms with E-state index < -0.39 is 0 Å². The monoisotopic (exact) mass is 188 g/mol. The van der Waals surface area contributed by atoms with E-state index in [2.05, 4.69) is 4.99 Å². The van der Waals surface area contributed by atoms with Crippen LogP contribution < -0.4 is 0 Å². The first-order chi connectivity index (χ1) is 5.76. The van der Waals surface area contributed by atoms with Crippen molar-refractivity contribution in [2.45, 2.75) is 13.8 Å². The van der Waals surface area contributed by atoms with Crippen molar-refractivity contribution < 1.29 is 4.84 Å². The first kappa shape index (κ1) is 11.5. The maximum Gasteiger partial charge on any atom is 0.187 e. The van der Waals surface area contributed by atoms with E-state index in [1.807, 2.05) is 33.2 Å². The van der Waals surface area contributed by atoms with Crippen LogP contribution in [0, 0.1) is 0 Å². The van der Waals surface area contributed by atoms with Crippen molar-refractivity contribution in [3.8, 4) is 0 Å². The van der Waals surface area contributed by atoms with Gasteiger partial charge in [-0.25, -0.2) is 10.1 Å². The minimum atomic E-state index is 0.659. The molecule has 3 nitrogen and oxygen atoms in total. The predicted octanol–water partition coefficient (Wildman–Crippen LogP) is 2.12. The smallest absolute Gasteiger partial charge is 0.187 e. The molecule has 0 atom stereocenters. The average Bonchev–Trinajstić information content (AvgIpc) is 2.06. The molecule has 0 aliphatic carbocycles. The standard InChI is InChI=1S/C8H16N2OS/c1-5-7-9-8(12-4)10(3)11-6-2/h5,7H,6H2,1-4H3/b7-5-,9-8+. The Hall–Kier alpha value is -0.480. The Balaban J connectivity index is 4.12. The molecule has 0 saturated carbocycles. The number of hydroxylamine groups is 2. The number of thioether (sulfide) groups is 1. The summed E-state index contributed by atoms with van der Waals surface area (Å²) in [5.74, 6) is 0. The Morgan fingerprint density at radius 3 is 2.75 bits per heavy atom. The van der Waals surface area contributed by atoms with E-state index in [4.69, 9.17) is 4.84 Å². The maximum absolute atomic E-state index is 5.24. The minimum Gasteiger partial charge on any atom is -0.272 e. The van der Waals surface area contributed by atoms with Gasteiger partial charge in [0.25, 0.3) is 0 Å². The average molecular weight is 188 g/mol. The van der Waals surface area contributed by atoms with Crippen LogP contribution in [0.3, 0.4) is 0 Å².